The van der Waals surface area contributed by atoms with E-state index in [1.807, 2.05) is 24.3 Å². The van der Waals surface area contributed by atoms with E-state index in [0.717, 1.165) is 5.69 Å². The van der Waals surface area contributed by atoms with Crippen LogP contribution in [0.1, 0.15) is 29.8 Å². The molecule has 0 radical (unpaired) electrons. The number of para-hydroxylation sites is 2. The summed E-state index contributed by atoms with van der Waals surface area (Å²) < 4.78 is 5.01. The molecule has 0 aliphatic carbocycles. The summed E-state index contributed by atoms with van der Waals surface area (Å²) in [5.74, 6) is -0.673. The second kappa shape index (κ2) is 9.07. The van der Waals surface area contributed by atoms with E-state index in [0.29, 0.717) is 31.6 Å². The SMILES string of the molecule is NC(=O)C1CCN(c2ccccc2NC(=O)CCNC(=O)c2ccco2)CC1. The monoisotopic (exact) mass is 384 g/mol. The normalized spacial score (nSPS) is 14.5. The molecule has 3 amide bonds. The third-order valence-corrected chi connectivity index (χ3v) is 4.80. The number of amides is 3. The fourth-order valence-corrected chi connectivity index (χ4v) is 3.26. The van der Waals surface area contributed by atoms with E-state index in [1.165, 1.54) is 6.26 Å². The number of nitrogens with zero attached hydrogens (tertiary/aromatic N) is 1. The van der Waals surface area contributed by atoms with E-state index in [2.05, 4.69) is 15.5 Å². The van der Waals surface area contributed by atoms with Crippen LogP contribution in [0.15, 0.2) is 47.1 Å². The first-order valence-corrected chi connectivity index (χ1v) is 9.29. The maximum atomic E-state index is 12.3. The van der Waals surface area contributed by atoms with Gasteiger partial charge in [0.15, 0.2) is 5.76 Å². The highest BCUT2D eigenvalue weighted by atomic mass is 16.3. The minimum atomic E-state index is -0.351. The third-order valence-electron chi connectivity index (χ3n) is 4.80. The summed E-state index contributed by atoms with van der Waals surface area (Å²) in [6, 6.07) is 10.7. The molecular weight excluding hydrogens is 360 g/mol. The molecular formula is C20H24N4O4. The Morgan fingerprint density at radius 3 is 2.54 bits per heavy atom. The van der Waals surface area contributed by atoms with Gasteiger partial charge in [0.1, 0.15) is 0 Å². The van der Waals surface area contributed by atoms with E-state index in [9.17, 15) is 14.4 Å². The Hall–Kier alpha value is -3.29. The van der Waals surface area contributed by atoms with E-state index in [-0.39, 0.29) is 42.4 Å². The molecule has 1 aromatic heterocycles. The molecule has 0 saturated carbocycles. The van der Waals surface area contributed by atoms with Crippen molar-refractivity contribution in [2.45, 2.75) is 19.3 Å². The smallest absolute Gasteiger partial charge is 0.286 e. The van der Waals surface area contributed by atoms with Gasteiger partial charge in [0, 0.05) is 32.0 Å². The van der Waals surface area contributed by atoms with Crippen molar-refractivity contribution in [1.82, 2.24) is 5.32 Å². The molecule has 28 heavy (non-hydrogen) atoms. The van der Waals surface area contributed by atoms with E-state index in [4.69, 9.17) is 10.2 Å². The fraction of sp³-hybridized carbons (Fsp3) is 0.350. The molecule has 148 valence electrons. The van der Waals surface area contributed by atoms with Crippen molar-refractivity contribution in [2.24, 2.45) is 11.7 Å². The van der Waals surface area contributed by atoms with Gasteiger partial charge in [0.05, 0.1) is 17.6 Å². The van der Waals surface area contributed by atoms with Crippen molar-refractivity contribution in [3.05, 3.63) is 48.4 Å². The number of hydrogen-bond donors (Lipinski definition) is 3. The Morgan fingerprint density at radius 2 is 1.86 bits per heavy atom. The van der Waals surface area contributed by atoms with Crippen LogP contribution in [0.4, 0.5) is 11.4 Å². The van der Waals surface area contributed by atoms with E-state index in [1.54, 1.807) is 12.1 Å². The predicted octanol–water partition coefficient (Wildman–Crippen LogP) is 1.74. The number of piperidine rings is 1. The molecule has 8 nitrogen and oxygen atoms in total. The molecule has 1 aliphatic heterocycles. The molecule has 4 N–H and O–H groups in total. The molecule has 2 heterocycles. The number of primary amides is 1. The number of rotatable bonds is 7. The van der Waals surface area contributed by atoms with Crippen LogP contribution in [-0.4, -0.2) is 37.4 Å². The topological polar surface area (TPSA) is 118 Å². The summed E-state index contributed by atoms with van der Waals surface area (Å²) in [4.78, 5) is 37.6. The second-order valence-corrected chi connectivity index (χ2v) is 6.71. The summed E-state index contributed by atoms with van der Waals surface area (Å²) in [6.45, 7) is 1.62. The zero-order valence-corrected chi connectivity index (χ0v) is 15.5. The van der Waals surface area contributed by atoms with Crippen LogP contribution in [0.2, 0.25) is 0 Å². The van der Waals surface area contributed by atoms with Gasteiger partial charge in [0.2, 0.25) is 11.8 Å². The molecule has 1 saturated heterocycles. The Labute approximate surface area is 163 Å². The highest BCUT2D eigenvalue weighted by Crippen LogP contribution is 2.29. The molecule has 0 atom stereocenters. The summed E-state index contributed by atoms with van der Waals surface area (Å²) in [5, 5.41) is 5.55. The van der Waals surface area contributed by atoms with Gasteiger partial charge in [-0.2, -0.15) is 0 Å². The van der Waals surface area contributed by atoms with Crippen LogP contribution in [0, 0.1) is 5.92 Å². The third kappa shape index (κ3) is 4.91. The van der Waals surface area contributed by atoms with Gasteiger partial charge in [-0.25, -0.2) is 0 Å². The van der Waals surface area contributed by atoms with Crippen LogP contribution >= 0.6 is 0 Å². The fourth-order valence-electron chi connectivity index (χ4n) is 3.26. The summed E-state index contributed by atoms with van der Waals surface area (Å²) in [6.07, 6.45) is 2.97. The Bertz CT molecular complexity index is 826. The van der Waals surface area contributed by atoms with Crippen molar-refractivity contribution >= 4 is 29.1 Å². The number of nitrogens with one attached hydrogen (secondary N) is 2. The lowest BCUT2D eigenvalue weighted by atomic mass is 9.96. The molecule has 8 heteroatoms. The molecule has 1 fully saturated rings. The van der Waals surface area contributed by atoms with Crippen LogP contribution < -0.4 is 21.3 Å². The Balaban J connectivity index is 1.52. The van der Waals surface area contributed by atoms with Crippen LogP contribution in [0.25, 0.3) is 0 Å². The lowest BCUT2D eigenvalue weighted by molar-refractivity contribution is -0.122. The van der Waals surface area contributed by atoms with Crippen molar-refractivity contribution < 1.29 is 18.8 Å². The van der Waals surface area contributed by atoms with Gasteiger partial charge < -0.3 is 25.7 Å². The summed E-state index contributed by atoms with van der Waals surface area (Å²) >= 11 is 0. The largest absolute Gasteiger partial charge is 0.459 e. The highest BCUT2D eigenvalue weighted by Gasteiger charge is 2.24. The van der Waals surface area contributed by atoms with Gasteiger partial charge in [-0.05, 0) is 37.1 Å². The first kappa shape index (κ1) is 19.5. The lowest BCUT2D eigenvalue weighted by Gasteiger charge is -2.33. The van der Waals surface area contributed by atoms with E-state index >= 15 is 0 Å². The maximum Gasteiger partial charge on any atom is 0.286 e. The van der Waals surface area contributed by atoms with Crippen molar-refractivity contribution in [2.75, 3.05) is 29.9 Å². The lowest BCUT2D eigenvalue weighted by Crippen LogP contribution is -2.39. The second-order valence-electron chi connectivity index (χ2n) is 6.71. The highest BCUT2D eigenvalue weighted by molar-refractivity contribution is 5.95. The Morgan fingerprint density at radius 1 is 1.11 bits per heavy atom. The summed E-state index contributed by atoms with van der Waals surface area (Å²) in [5.41, 5.74) is 7.02. The number of furan rings is 1. The van der Waals surface area contributed by atoms with Gasteiger partial charge in [-0.15, -0.1) is 0 Å². The van der Waals surface area contributed by atoms with Gasteiger partial charge >= 0.3 is 0 Å². The molecule has 1 aromatic carbocycles. The van der Waals surface area contributed by atoms with Crippen LogP contribution in [-0.2, 0) is 9.59 Å². The van der Waals surface area contributed by atoms with Crippen molar-refractivity contribution in [3.8, 4) is 0 Å². The van der Waals surface area contributed by atoms with Gasteiger partial charge in [-0.3, -0.25) is 14.4 Å². The average molecular weight is 384 g/mol. The number of hydrogen-bond acceptors (Lipinski definition) is 5. The average Bonchev–Trinajstić information content (AvgIpc) is 3.23. The minimum absolute atomic E-state index is 0.0872. The van der Waals surface area contributed by atoms with Crippen molar-refractivity contribution in [1.29, 1.82) is 0 Å². The molecule has 0 unspecified atom stereocenters. The van der Waals surface area contributed by atoms with Crippen molar-refractivity contribution in [3.63, 3.8) is 0 Å². The number of anilines is 2. The molecule has 1 aliphatic rings. The zero-order valence-electron chi connectivity index (χ0n) is 15.5. The predicted molar refractivity (Wildman–Crippen MR) is 105 cm³/mol. The number of carbonyl (C=O) groups is 3. The Kier molecular flexibility index (Phi) is 6.31. The zero-order chi connectivity index (χ0) is 19.9. The number of benzene rings is 1. The first-order chi connectivity index (χ1) is 13.5. The number of nitrogens with two attached hydrogens (primary N) is 1. The molecule has 3 rings (SSSR count). The van der Waals surface area contributed by atoms with Gasteiger partial charge in [0.25, 0.3) is 5.91 Å². The molecule has 0 spiro atoms. The summed E-state index contributed by atoms with van der Waals surface area (Å²) in [7, 11) is 0. The van der Waals surface area contributed by atoms with Gasteiger partial charge in [-0.1, -0.05) is 12.1 Å². The molecule has 2 aromatic rings. The first-order valence-electron chi connectivity index (χ1n) is 9.29. The minimum Gasteiger partial charge on any atom is -0.459 e. The molecule has 0 bridgehead atoms. The van der Waals surface area contributed by atoms with Crippen LogP contribution in [0.5, 0.6) is 0 Å². The number of carbonyl (C=O) groups excluding carboxylic acids is 3. The van der Waals surface area contributed by atoms with Crippen LogP contribution in [0.3, 0.4) is 0 Å². The van der Waals surface area contributed by atoms with E-state index < -0.39 is 0 Å². The maximum absolute atomic E-state index is 12.3. The quantitative estimate of drug-likeness (QED) is 0.672. The standard InChI is InChI=1S/C20H24N4O4/c21-19(26)14-8-11-24(12-9-14)16-5-2-1-4-15(16)23-18(25)7-10-22-20(27)17-6-3-13-28-17/h1-6,13-14H,7-12H2,(H2,21,26)(H,22,27)(H,23,25).